The number of piperidine rings is 1. The number of anilines is 1. The molecule has 0 spiro atoms. The number of urea groups is 1. The Balaban J connectivity index is 1.24. The first-order valence-electron chi connectivity index (χ1n) is 15.9. The van der Waals surface area contributed by atoms with Crippen LogP contribution >= 0.6 is 11.3 Å². The maximum atomic E-state index is 14.2. The molecule has 1 aromatic heterocycles. The number of nitrogens with zero attached hydrogens (tertiary/aromatic N) is 2. The van der Waals surface area contributed by atoms with Gasteiger partial charge in [-0.1, -0.05) is 12.1 Å². The first kappa shape index (κ1) is 34.1. The minimum atomic E-state index is -4.01. The number of fused-ring (bicyclic) bond motifs is 1. The largest absolute Gasteiger partial charge is 0.508 e. The van der Waals surface area contributed by atoms with Gasteiger partial charge in [-0.2, -0.15) is 8.42 Å². The molecule has 258 valence electrons. The number of carbonyl (C=O) groups excluding carboxylic acids is 2. The number of likely N-dealkylation sites (N-methyl/N-ethyl adjacent to an activating group) is 1. The molecule has 3 heterocycles. The quantitative estimate of drug-likeness (QED) is 0.145. The van der Waals surface area contributed by atoms with Gasteiger partial charge in [0, 0.05) is 17.7 Å². The van der Waals surface area contributed by atoms with Crippen molar-refractivity contribution in [3.63, 3.8) is 0 Å². The summed E-state index contributed by atoms with van der Waals surface area (Å²) in [6.07, 6.45) is 1.62. The van der Waals surface area contributed by atoms with Crippen molar-refractivity contribution in [1.29, 1.82) is 0 Å². The maximum Gasteiger partial charge on any atom is 0.348 e. The Morgan fingerprint density at radius 1 is 1.06 bits per heavy atom. The van der Waals surface area contributed by atoms with E-state index in [1.165, 1.54) is 24.3 Å². The number of hydrogen-bond acceptors (Lipinski definition) is 9. The van der Waals surface area contributed by atoms with E-state index >= 15 is 0 Å². The normalized spacial score (nSPS) is 19.2. The molecule has 4 N–H and O–H groups in total. The second-order valence-corrected chi connectivity index (χ2v) is 15.5. The van der Waals surface area contributed by atoms with Crippen LogP contribution in [0.4, 0.5) is 10.5 Å². The number of hydrogen-bond donors (Lipinski definition) is 3. The lowest BCUT2D eigenvalue weighted by atomic mass is 9.96. The number of quaternary nitrogens is 1. The van der Waals surface area contributed by atoms with Gasteiger partial charge in [0.15, 0.2) is 15.7 Å². The van der Waals surface area contributed by atoms with Gasteiger partial charge in [-0.25, -0.2) is 4.79 Å². The molecule has 12 nitrogen and oxygen atoms in total. The highest BCUT2D eigenvalue weighted by molar-refractivity contribution is 7.89. The van der Waals surface area contributed by atoms with Crippen LogP contribution < -0.4 is 24.7 Å². The molecule has 49 heavy (non-hydrogen) atoms. The molecule has 14 heteroatoms. The number of ether oxygens (including phenoxy) is 2. The van der Waals surface area contributed by atoms with Crippen molar-refractivity contribution in [2.45, 2.75) is 49.0 Å². The predicted octanol–water partition coefficient (Wildman–Crippen LogP) is 5.00. The van der Waals surface area contributed by atoms with Crippen LogP contribution in [0.25, 0.3) is 0 Å². The molecule has 0 radical (unpaired) electrons. The van der Waals surface area contributed by atoms with Gasteiger partial charge in [0.25, 0.3) is 0 Å². The van der Waals surface area contributed by atoms with E-state index < -0.39 is 28.1 Å². The summed E-state index contributed by atoms with van der Waals surface area (Å²) >= 11 is 1.08. The Hall–Kier alpha value is -4.79. The number of benzene rings is 3. The van der Waals surface area contributed by atoms with E-state index in [0.29, 0.717) is 41.2 Å². The zero-order chi connectivity index (χ0) is 34.8. The summed E-state index contributed by atoms with van der Waals surface area (Å²) in [6, 6.07) is 18.1. The van der Waals surface area contributed by atoms with Crippen molar-refractivity contribution in [2.75, 3.05) is 32.2 Å². The molecule has 0 aliphatic carbocycles. The molecule has 1 fully saturated rings. The van der Waals surface area contributed by atoms with Crippen molar-refractivity contribution in [2.24, 2.45) is 5.73 Å². The third-order valence-electron chi connectivity index (χ3n) is 8.81. The summed E-state index contributed by atoms with van der Waals surface area (Å²) in [5.74, 6) is 0.937. The molecular formula is C35H39N4O8S2+. The van der Waals surface area contributed by atoms with Crippen LogP contribution in [0.2, 0.25) is 0 Å². The number of nitrogens with two attached hydrogens (primary N) is 1. The Bertz CT molecular complexity index is 1930. The average molecular weight is 708 g/mol. The smallest absolute Gasteiger partial charge is 0.348 e. The van der Waals surface area contributed by atoms with Crippen molar-refractivity contribution < 1.29 is 41.3 Å². The molecule has 3 aromatic carbocycles. The van der Waals surface area contributed by atoms with E-state index in [4.69, 9.17) is 19.4 Å². The Morgan fingerprint density at radius 2 is 1.78 bits per heavy atom. The molecule has 6 rings (SSSR count). The second kappa shape index (κ2) is 14.0. The molecule has 0 saturated carbocycles. The highest BCUT2D eigenvalue weighted by Gasteiger charge is 2.41. The Labute approximate surface area is 289 Å². The van der Waals surface area contributed by atoms with Crippen LogP contribution in [0.3, 0.4) is 0 Å². The maximum absolute atomic E-state index is 14.2. The number of nitrogens with one attached hydrogen (secondary N) is 1. The number of phenols is 1. The molecule has 4 aromatic rings. The van der Waals surface area contributed by atoms with Crippen molar-refractivity contribution in [3.05, 3.63) is 94.9 Å². The van der Waals surface area contributed by atoms with Crippen LogP contribution in [0, 0.1) is 6.92 Å². The summed E-state index contributed by atoms with van der Waals surface area (Å²) in [5, 5.41) is 14.4. The zero-order valence-electron chi connectivity index (χ0n) is 27.2. The SMILES string of the molecule is Cc1csc(S(=O)(=O)Oc2ccc(NC(=O)N([C@H]3CCC[N+](C)(Cc4ccc5c(c4)OCO5)C3)[C@@H](Cc3ccc(O)cc3)C(N)=O)cc2)c1. The molecule has 1 saturated heterocycles. The fraction of sp³-hybridized carbons (Fsp3) is 0.314. The number of amides is 3. The van der Waals surface area contributed by atoms with Crippen molar-refractivity contribution in [3.8, 4) is 23.0 Å². The van der Waals surface area contributed by atoms with Crippen molar-refractivity contribution >= 4 is 39.1 Å². The minimum Gasteiger partial charge on any atom is -0.508 e. The molecule has 0 bridgehead atoms. The third kappa shape index (κ3) is 8.10. The highest BCUT2D eigenvalue weighted by atomic mass is 32.3. The van der Waals surface area contributed by atoms with Gasteiger partial charge in [0.1, 0.15) is 24.1 Å². The fourth-order valence-corrected chi connectivity index (χ4v) is 8.61. The molecule has 2 aliphatic rings. The van der Waals surface area contributed by atoms with Crippen LogP contribution in [-0.4, -0.2) is 73.9 Å². The lowest BCUT2D eigenvalue weighted by Crippen LogP contribution is -2.62. The van der Waals surface area contributed by atoms with Gasteiger partial charge in [-0.15, -0.1) is 11.3 Å². The second-order valence-electron chi connectivity index (χ2n) is 12.8. The summed E-state index contributed by atoms with van der Waals surface area (Å²) in [7, 11) is -1.87. The van der Waals surface area contributed by atoms with Crippen LogP contribution in [0.5, 0.6) is 23.0 Å². The topological polar surface area (TPSA) is 157 Å². The van der Waals surface area contributed by atoms with E-state index in [0.717, 1.165) is 41.0 Å². The molecule has 1 unspecified atom stereocenters. The molecule has 3 amide bonds. The number of rotatable bonds is 11. The first-order chi connectivity index (χ1) is 23.4. The van der Waals surface area contributed by atoms with E-state index in [-0.39, 0.29) is 35.0 Å². The fourth-order valence-electron chi connectivity index (χ4n) is 6.49. The first-order valence-corrected chi connectivity index (χ1v) is 18.1. The van der Waals surface area contributed by atoms with Crippen LogP contribution in [0.1, 0.15) is 29.5 Å². The van der Waals surface area contributed by atoms with Crippen LogP contribution in [0.15, 0.2) is 82.4 Å². The monoisotopic (exact) mass is 707 g/mol. The number of phenolic OH excluding ortho intramolecular Hbond substituents is 1. The van der Waals surface area contributed by atoms with E-state index in [1.54, 1.807) is 47.5 Å². The Kier molecular flexibility index (Phi) is 9.72. The van der Waals surface area contributed by atoms with Crippen LogP contribution in [-0.2, 0) is 27.9 Å². The number of thiophene rings is 1. The third-order valence-corrected chi connectivity index (χ3v) is 11.6. The summed E-state index contributed by atoms with van der Waals surface area (Å²) in [4.78, 5) is 28.9. The van der Waals surface area contributed by atoms with Gasteiger partial charge in [-0.3, -0.25) is 4.79 Å². The van der Waals surface area contributed by atoms with E-state index in [9.17, 15) is 23.1 Å². The average Bonchev–Trinajstić information content (AvgIpc) is 3.71. The summed E-state index contributed by atoms with van der Waals surface area (Å²) in [5.41, 5.74) is 9.01. The lowest BCUT2D eigenvalue weighted by Gasteiger charge is -2.46. The van der Waals surface area contributed by atoms with Gasteiger partial charge in [-0.05, 0) is 96.9 Å². The predicted molar refractivity (Wildman–Crippen MR) is 184 cm³/mol. The van der Waals surface area contributed by atoms with Gasteiger partial charge in [0.05, 0.1) is 26.2 Å². The number of likely N-dealkylation sites (tertiary alicyclic amines) is 1. The zero-order valence-corrected chi connectivity index (χ0v) is 28.8. The Morgan fingerprint density at radius 3 is 2.47 bits per heavy atom. The standard InChI is InChI=1S/C35H38N4O8S2/c1-23-16-33(48-21-23)49(43,44)47-29-12-8-26(9-13-29)37-35(42)38(30(34(36)41)17-24-5-10-28(40)11-6-24)27-4-3-15-39(2,20-27)19-25-7-14-31-32(18-25)46-22-45-31/h5-14,16,18,21,27,30H,3-4,15,17,19-20,22H2,1-2H3,(H3-,36,37,40,41,42)/p+1/t27-,30-,39?/m0/s1. The van der Waals surface area contributed by atoms with E-state index in [1.807, 2.05) is 18.2 Å². The summed E-state index contributed by atoms with van der Waals surface area (Å²) < 4.78 is 42.5. The molecular weight excluding hydrogens is 669 g/mol. The highest BCUT2D eigenvalue weighted by Crippen LogP contribution is 2.35. The van der Waals surface area contributed by atoms with E-state index in [2.05, 4.69) is 12.4 Å². The van der Waals surface area contributed by atoms with Gasteiger partial charge < -0.3 is 39.2 Å². The number of aryl methyl sites for hydroxylation is 1. The van der Waals surface area contributed by atoms with Gasteiger partial charge >= 0.3 is 16.1 Å². The van der Waals surface area contributed by atoms with Crippen molar-refractivity contribution in [1.82, 2.24) is 4.90 Å². The number of primary amides is 1. The lowest BCUT2D eigenvalue weighted by molar-refractivity contribution is -0.928. The molecule has 3 atom stereocenters. The van der Waals surface area contributed by atoms with Gasteiger partial charge in [0.2, 0.25) is 12.7 Å². The number of carbonyl (C=O) groups is 2. The molecule has 2 aliphatic heterocycles. The summed E-state index contributed by atoms with van der Waals surface area (Å²) in [6.45, 7) is 4.10. The number of aromatic hydroxyl groups is 1. The minimum absolute atomic E-state index is 0.0866.